The molecule has 2 rings (SSSR count). The predicted molar refractivity (Wildman–Crippen MR) is 91.0 cm³/mol. The largest absolute Gasteiger partial charge is 0.343 e. The van der Waals surface area contributed by atoms with Crippen LogP contribution >= 0.6 is 23.2 Å². The van der Waals surface area contributed by atoms with Gasteiger partial charge in [-0.05, 0) is 24.3 Å². The normalized spacial score (nSPS) is 10.5. The van der Waals surface area contributed by atoms with E-state index in [-0.39, 0.29) is 12.5 Å². The highest BCUT2D eigenvalue weighted by Crippen LogP contribution is 2.21. The summed E-state index contributed by atoms with van der Waals surface area (Å²) in [7, 11) is 0. The third-order valence-corrected chi connectivity index (χ3v) is 3.49. The van der Waals surface area contributed by atoms with Crippen molar-refractivity contribution in [2.75, 3.05) is 6.54 Å². The average Bonchev–Trinajstić information content (AvgIpc) is 2.56. The van der Waals surface area contributed by atoms with Gasteiger partial charge in [-0.25, -0.2) is 5.43 Å². The Labute approximate surface area is 143 Å². The maximum absolute atomic E-state index is 11.8. The first-order valence-corrected chi connectivity index (χ1v) is 7.42. The van der Waals surface area contributed by atoms with Crippen molar-refractivity contribution in [3.63, 3.8) is 0 Å². The van der Waals surface area contributed by atoms with Crippen molar-refractivity contribution in [1.29, 1.82) is 0 Å². The Kier molecular flexibility index (Phi) is 6.14. The van der Waals surface area contributed by atoms with Crippen LogP contribution < -0.4 is 10.7 Å². The SMILES string of the molecule is O=C(CNC(=O)c1ccccc1)N/N=C/c1c(Cl)cccc1Cl. The van der Waals surface area contributed by atoms with Gasteiger partial charge in [-0.1, -0.05) is 47.5 Å². The molecule has 23 heavy (non-hydrogen) atoms. The maximum atomic E-state index is 11.8. The third-order valence-electron chi connectivity index (χ3n) is 2.83. The summed E-state index contributed by atoms with van der Waals surface area (Å²) in [5.74, 6) is -0.799. The third kappa shape index (κ3) is 5.09. The van der Waals surface area contributed by atoms with E-state index >= 15 is 0 Å². The molecule has 0 heterocycles. The quantitative estimate of drug-likeness (QED) is 0.643. The summed E-state index contributed by atoms with van der Waals surface area (Å²) in [5, 5.41) is 7.11. The summed E-state index contributed by atoms with van der Waals surface area (Å²) < 4.78 is 0. The van der Waals surface area contributed by atoms with Gasteiger partial charge in [0.25, 0.3) is 11.8 Å². The number of hydrogen-bond donors (Lipinski definition) is 2. The highest BCUT2D eigenvalue weighted by Gasteiger charge is 2.07. The fourth-order valence-electron chi connectivity index (χ4n) is 1.69. The van der Waals surface area contributed by atoms with Crippen molar-refractivity contribution in [2.24, 2.45) is 5.10 Å². The molecule has 118 valence electrons. The second-order valence-electron chi connectivity index (χ2n) is 4.48. The molecule has 5 nitrogen and oxygen atoms in total. The lowest BCUT2D eigenvalue weighted by Crippen LogP contribution is -2.34. The fraction of sp³-hybridized carbons (Fsp3) is 0.0625. The number of nitrogens with zero attached hydrogens (tertiary/aromatic N) is 1. The second kappa shape index (κ2) is 8.31. The molecule has 0 radical (unpaired) electrons. The second-order valence-corrected chi connectivity index (χ2v) is 5.29. The van der Waals surface area contributed by atoms with E-state index in [0.717, 1.165) is 0 Å². The molecule has 0 aliphatic carbocycles. The number of halogens is 2. The molecule has 2 N–H and O–H groups in total. The number of amides is 2. The van der Waals surface area contributed by atoms with Crippen molar-refractivity contribution >= 4 is 41.2 Å². The van der Waals surface area contributed by atoms with Gasteiger partial charge in [-0.15, -0.1) is 0 Å². The van der Waals surface area contributed by atoms with Crippen molar-refractivity contribution < 1.29 is 9.59 Å². The zero-order valence-corrected chi connectivity index (χ0v) is 13.4. The first-order valence-electron chi connectivity index (χ1n) is 6.67. The minimum atomic E-state index is -0.464. The van der Waals surface area contributed by atoms with Crippen molar-refractivity contribution in [1.82, 2.24) is 10.7 Å². The van der Waals surface area contributed by atoms with Crippen LogP contribution in [0.15, 0.2) is 53.6 Å². The Morgan fingerprint density at radius 1 is 1.00 bits per heavy atom. The predicted octanol–water partition coefficient (Wildman–Crippen LogP) is 2.87. The topological polar surface area (TPSA) is 70.6 Å². The lowest BCUT2D eigenvalue weighted by molar-refractivity contribution is -0.120. The van der Waals surface area contributed by atoms with Crippen LogP contribution in [0, 0.1) is 0 Å². The molecular weight excluding hydrogens is 337 g/mol. The molecule has 0 aliphatic rings. The fourth-order valence-corrected chi connectivity index (χ4v) is 2.19. The van der Waals surface area contributed by atoms with Gasteiger partial charge in [0.1, 0.15) is 0 Å². The smallest absolute Gasteiger partial charge is 0.259 e. The lowest BCUT2D eigenvalue weighted by Gasteiger charge is -2.04. The van der Waals surface area contributed by atoms with Gasteiger partial charge in [0.15, 0.2) is 0 Å². The van der Waals surface area contributed by atoms with E-state index in [0.29, 0.717) is 21.2 Å². The first kappa shape index (κ1) is 17.0. The van der Waals surface area contributed by atoms with E-state index in [4.69, 9.17) is 23.2 Å². The molecule has 0 unspecified atom stereocenters. The molecule has 0 bridgehead atoms. The van der Waals surface area contributed by atoms with E-state index in [1.807, 2.05) is 0 Å². The molecule has 0 saturated carbocycles. The van der Waals surface area contributed by atoms with Crippen LogP contribution in [-0.2, 0) is 4.79 Å². The number of hydrogen-bond acceptors (Lipinski definition) is 3. The van der Waals surface area contributed by atoms with Crippen LogP contribution in [-0.4, -0.2) is 24.6 Å². The lowest BCUT2D eigenvalue weighted by atomic mass is 10.2. The van der Waals surface area contributed by atoms with E-state index in [1.165, 1.54) is 6.21 Å². The van der Waals surface area contributed by atoms with Crippen LogP contribution in [0.3, 0.4) is 0 Å². The number of rotatable bonds is 5. The van der Waals surface area contributed by atoms with Gasteiger partial charge >= 0.3 is 0 Å². The Morgan fingerprint density at radius 2 is 1.65 bits per heavy atom. The number of benzene rings is 2. The Hall–Kier alpha value is -2.37. The summed E-state index contributed by atoms with van der Waals surface area (Å²) in [6.07, 6.45) is 1.35. The molecule has 0 aliphatic heterocycles. The molecule has 2 aromatic carbocycles. The highest BCUT2D eigenvalue weighted by atomic mass is 35.5. The van der Waals surface area contributed by atoms with E-state index in [2.05, 4.69) is 15.8 Å². The summed E-state index contributed by atoms with van der Waals surface area (Å²) >= 11 is 11.9. The van der Waals surface area contributed by atoms with Crippen molar-refractivity contribution in [3.8, 4) is 0 Å². The minimum absolute atomic E-state index is 0.193. The molecule has 2 amide bonds. The Balaban J connectivity index is 1.84. The van der Waals surface area contributed by atoms with Crippen LogP contribution in [0.25, 0.3) is 0 Å². The van der Waals surface area contributed by atoms with Crippen LogP contribution in [0.5, 0.6) is 0 Å². The summed E-state index contributed by atoms with van der Waals surface area (Å²) in [6.45, 7) is -0.193. The zero-order valence-electron chi connectivity index (χ0n) is 11.9. The number of nitrogens with one attached hydrogen (secondary N) is 2. The molecule has 7 heteroatoms. The number of carbonyl (C=O) groups excluding carboxylic acids is 2. The van der Waals surface area contributed by atoms with Gasteiger partial charge < -0.3 is 5.32 Å². The Morgan fingerprint density at radius 3 is 2.30 bits per heavy atom. The standard InChI is InChI=1S/C16H13Cl2N3O2/c17-13-7-4-8-14(18)12(13)9-20-21-15(22)10-19-16(23)11-5-2-1-3-6-11/h1-9H,10H2,(H,19,23)(H,21,22)/b20-9+. The molecular formula is C16H13Cl2N3O2. The van der Waals surface area contributed by atoms with Gasteiger partial charge in [0, 0.05) is 11.1 Å². The molecule has 0 fully saturated rings. The summed E-state index contributed by atoms with van der Waals surface area (Å²) in [5.41, 5.74) is 3.27. The molecule has 0 aromatic heterocycles. The first-order chi connectivity index (χ1) is 11.1. The van der Waals surface area contributed by atoms with E-state index < -0.39 is 5.91 Å². The van der Waals surface area contributed by atoms with Gasteiger partial charge in [0.2, 0.25) is 0 Å². The van der Waals surface area contributed by atoms with E-state index in [9.17, 15) is 9.59 Å². The van der Waals surface area contributed by atoms with Crippen LogP contribution in [0.4, 0.5) is 0 Å². The Bertz CT molecular complexity index is 713. The zero-order chi connectivity index (χ0) is 16.7. The van der Waals surface area contributed by atoms with Gasteiger partial charge in [0.05, 0.1) is 22.8 Å². The maximum Gasteiger partial charge on any atom is 0.259 e. The van der Waals surface area contributed by atoms with E-state index in [1.54, 1.807) is 48.5 Å². The summed E-state index contributed by atoms with van der Waals surface area (Å²) in [4.78, 5) is 23.4. The van der Waals surface area contributed by atoms with Gasteiger partial charge in [-0.2, -0.15) is 5.10 Å². The number of hydrazone groups is 1. The minimum Gasteiger partial charge on any atom is -0.343 e. The highest BCUT2D eigenvalue weighted by molar-refractivity contribution is 6.38. The van der Waals surface area contributed by atoms with Gasteiger partial charge in [-0.3, -0.25) is 9.59 Å². The van der Waals surface area contributed by atoms with Crippen LogP contribution in [0.2, 0.25) is 10.0 Å². The van der Waals surface area contributed by atoms with Crippen molar-refractivity contribution in [2.45, 2.75) is 0 Å². The molecule has 0 spiro atoms. The molecule has 0 atom stereocenters. The molecule has 0 saturated heterocycles. The van der Waals surface area contributed by atoms with Crippen LogP contribution in [0.1, 0.15) is 15.9 Å². The average molecular weight is 350 g/mol. The molecule has 2 aromatic rings. The summed E-state index contributed by atoms with van der Waals surface area (Å²) in [6, 6.07) is 13.6. The monoisotopic (exact) mass is 349 g/mol. The van der Waals surface area contributed by atoms with Crippen molar-refractivity contribution in [3.05, 3.63) is 69.7 Å². The number of carbonyl (C=O) groups is 2.